The van der Waals surface area contributed by atoms with Crippen molar-refractivity contribution in [3.63, 3.8) is 0 Å². The number of hydrogen-bond acceptors (Lipinski definition) is 6. The van der Waals surface area contributed by atoms with E-state index in [9.17, 15) is 28.0 Å². The lowest BCUT2D eigenvalue weighted by atomic mass is 10.2. The number of nitrogens with one attached hydrogen (secondary N) is 1. The van der Waals surface area contributed by atoms with Crippen LogP contribution in [0.3, 0.4) is 0 Å². The highest BCUT2D eigenvalue weighted by molar-refractivity contribution is 7.89. The zero-order chi connectivity index (χ0) is 15.8. The van der Waals surface area contributed by atoms with Gasteiger partial charge in [0.2, 0.25) is 10.0 Å². The Hall–Kier alpha value is -1.78. The molecule has 1 aliphatic heterocycles. The topological polar surface area (TPSA) is 113 Å². The highest BCUT2D eigenvalue weighted by atomic mass is 32.2. The summed E-state index contributed by atoms with van der Waals surface area (Å²) in [5.41, 5.74) is -0.736. The molecule has 0 spiro atoms. The maximum atomic E-state index is 14.1. The third kappa shape index (κ3) is 2.82. The lowest BCUT2D eigenvalue weighted by Crippen LogP contribution is -2.31. The summed E-state index contributed by atoms with van der Waals surface area (Å²) in [6, 6.07) is 1.53. The normalized spacial score (nSPS) is 19.7. The number of sulfonamides is 1. The molecule has 2 rings (SSSR count). The van der Waals surface area contributed by atoms with Crippen LogP contribution in [0.25, 0.3) is 0 Å². The Labute approximate surface area is 120 Å². The van der Waals surface area contributed by atoms with Crippen molar-refractivity contribution >= 4 is 21.4 Å². The van der Waals surface area contributed by atoms with Gasteiger partial charge < -0.3 is 10.4 Å². The van der Waals surface area contributed by atoms with Gasteiger partial charge >= 0.3 is 0 Å². The molecule has 0 amide bonds. The first-order valence-corrected chi connectivity index (χ1v) is 7.55. The van der Waals surface area contributed by atoms with Crippen LogP contribution in [0.5, 0.6) is 0 Å². The molecular weight excluding hydrogens is 305 g/mol. The molecule has 1 aromatic carbocycles. The average molecular weight is 319 g/mol. The van der Waals surface area contributed by atoms with Crippen LogP contribution in [0.15, 0.2) is 17.0 Å². The second-order valence-electron chi connectivity index (χ2n) is 4.62. The third-order valence-electron chi connectivity index (χ3n) is 3.23. The monoisotopic (exact) mass is 319 g/mol. The van der Waals surface area contributed by atoms with Crippen molar-refractivity contribution in [3.05, 3.63) is 28.1 Å². The Morgan fingerprint density at radius 3 is 2.67 bits per heavy atom. The molecule has 10 heteroatoms. The van der Waals surface area contributed by atoms with E-state index in [0.717, 1.165) is 10.4 Å². The minimum atomic E-state index is -4.17. The van der Waals surface area contributed by atoms with Crippen molar-refractivity contribution in [1.82, 2.24) is 4.31 Å². The van der Waals surface area contributed by atoms with E-state index in [2.05, 4.69) is 5.32 Å². The number of halogens is 1. The fraction of sp³-hybridized carbons (Fsp3) is 0.455. The van der Waals surface area contributed by atoms with E-state index in [4.69, 9.17) is 0 Å². The maximum Gasteiger partial charge on any atom is 0.274 e. The summed E-state index contributed by atoms with van der Waals surface area (Å²) in [5, 5.41) is 22.6. The first-order chi connectivity index (χ1) is 9.77. The number of non-ortho nitro benzene ring substituents is 1. The lowest BCUT2D eigenvalue weighted by Gasteiger charge is -2.18. The van der Waals surface area contributed by atoms with Crippen LogP contribution in [0.4, 0.5) is 15.8 Å². The molecule has 0 radical (unpaired) electrons. The first kappa shape index (κ1) is 15.6. The molecule has 2 N–H and O–H groups in total. The molecule has 116 valence electrons. The molecule has 1 aromatic rings. The molecule has 0 bridgehead atoms. The number of nitro benzene ring substituents is 1. The Bertz CT molecular complexity index is 679. The predicted octanol–water partition coefficient (Wildman–Crippen LogP) is 0.531. The number of aliphatic hydroxyl groups is 1. The minimum Gasteiger partial charge on any atom is -0.392 e. The van der Waals surface area contributed by atoms with Crippen LogP contribution in [0, 0.1) is 15.9 Å². The number of hydrogen-bond donors (Lipinski definition) is 2. The van der Waals surface area contributed by atoms with Gasteiger partial charge in [-0.25, -0.2) is 12.8 Å². The van der Waals surface area contributed by atoms with Crippen molar-refractivity contribution < 1.29 is 22.8 Å². The lowest BCUT2D eigenvalue weighted by molar-refractivity contribution is -0.385. The zero-order valence-electron chi connectivity index (χ0n) is 11.1. The van der Waals surface area contributed by atoms with Crippen LogP contribution in [-0.4, -0.2) is 49.0 Å². The van der Waals surface area contributed by atoms with E-state index in [-0.39, 0.29) is 25.2 Å². The molecule has 1 aliphatic rings. The Balaban J connectivity index is 2.55. The largest absolute Gasteiger partial charge is 0.392 e. The van der Waals surface area contributed by atoms with Crippen LogP contribution >= 0.6 is 0 Å². The van der Waals surface area contributed by atoms with Crippen molar-refractivity contribution in [2.75, 3.05) is 25.5 Å². The summed E-state index contributed by atoms with van der Waals surface area (Å²) in [7, 11) is -2.83. The maximum absolute atomic E-state index is 14.1. The average Bonchev–Trinajstić information content (AvgIpc) is 2.84. The number of nitro groups is 1. The zero-order valence-corrected chi connectivity index (χ0v) is 11.9. The van der Waals surface area contributed by atoms with Crippen molar-refractivity contribution in [2.45, 2.75) is 17.4 Å². The van der Waals surface area contributed by atoms with Gasteiger partial charge in [-0.3, -0.25) is 10.1 Å². The summed E-state index contributed by atoms with van der Waals surface area (Å²) in [6.07, 6.45) is -0.526. The molecule has 1 unspecified atom stereocenters. The predicted molar refractivity (Wildman–Crippen MR) is 72.0 cm³/mol. The molecule has 8 nitrogen and oxygen atoms in total. The molecule has 0 saturated carbocycles. The second kappa shape index (κ2) is 5.54. The van der Waals surface area contributed by atoms with Crippen LogP contribution < -0.4 is 5.32 Å². The fourth-order valence-electron chi connectivity index (χ4n) is 2.19. The van der Waals surface area contributed by atoms with E-state index in [1.807, 2.05) is 0 Å². The summed E-state index contributed by atoms with van der Waals surface area (Å²) < 4.78 is 39.9. The van der Waals surface area contributed by atoms with Crippen molar-refractivity contribution in [1.29, 1.82) is 0 Å². The van der Waals surface area contributed by atoms with Gasteiger partial charge in [-0.05, 0) is 6.42 Å². The number of β-amino-alcohol motifs (C(OH)–C–C–N with tert-alkyl or cyclic N) is 1. The number of rotatable bonds is 4. The van der Waals surface area contributed by atoms with Gasteiger partial charge in [0.1, 0.15) is 4.90 Å². The molecule has 1 heterocycles. The van der Waals surface area contributed by atoms with Crippen LogP contribution in [-0.2, 0) is 10.0 Å². The Morgan fingerprint density at radius 2 is 2.19 bits per heavy atom. The van der Waals surface area contributed by atoms with E-state index >= 15 is 0 Å². The number of nitrogens with zero attached hydrogens (tertiary/aromatic N) is 2. The van der Waals surface area contributed by atoms with Crippen molar-refractivity contribution in [2.24, 2.45) is 0 Å². The van der Waals surface area contributed by atoms with Gasteiger partial charge in [0.25, 0.3) is 5.69 Å². The van der Waals surface area contributed by atoms with Gasteiger partial charge in [-0.1, -0.05) is 0 Å². The third-order valence-corrected chi connectivity index (χ3v) is 5.17. The van der Waals surface area contributed by atoms with E-state index in [1.165, 1.54) is 7.05 Å². The number of aliphatic hydroxyl groups excluding tert-OH is 1. The first-order valence-electron chi connectivity index (χ1n) is 6.11. The Kier molecular flexibility index (Phi) is 4.12. The molecule has 21 heavy (non-hydrogen) atoms. The number of benzene rings is 1. The number of anilines is 1. The van der Waals surface area contributed by atoms with E-state index in [0.29, 0.717) is 6.07 Å². The van der Waals surface area contributed by atoms with Gasteiger partial charge in [-0.2, -0.15) is 4.31 Å². The highest BCUT2D eigenvalue weighted by Gasteiger charge is 2.36. The molecule has 0 aliphatic carbocycles. The van der Waals surface area contributed by atoms with Gasteiger partial charge in [0, 0.05) is 26.2 Å². The molecule has 0 aromatic heterocycles. The highest BCUT2D eigenvalue weighted by Crippen LogP contribution is 2.32. The second-order valence-corrected chi connectivity index (χ2v) is 6.49. The van der Waals surface area contributed by atoms with Gasteiger partial charge in [0.05, 0.1) is 22.8 Å². The van der Waals surface area contributed by atoms with Crippen molar-refractivity contribution in [3.8, 4) is 0 Å². The Morgan fingerprint density at radius 1 is 1.52 bits per heavy atom. The van der Waals surface area contributed by atoms with Crippen LogP contribution in [0.1, 0.15) is 6.42 Å². The van der Waals surface area contributed by atoms with Gasteiger partial charge in [0.15, 0.2) is 5.82 Å². The summed E-state index contributed by atoms with van der Waals surface area (Å²) in [5.74, 6) is -1.20. The standard InChI is InChI=1S/C11H14FN3O5S/c1-13-10-5-7(15(17)18)4-9(12)11(10)21(19,20)14-3-2-8(16)6-14/h4-5,8,13,16H,2-3,6H2,1H3. The molecular formula is C11H14FN3O5S. The summed E-state index contributed by atoms with van der Waals surface area (Å²) >= 11 is 0. The summed E-state index contributed by atoms with van der Waals surface area (Å²) in [6.45, 7) is -0.0506. The van der Waals surface area contributed by atoms with Crippen LogP contribution in [0.2, 0.25) is 0 Å². The van der Waals surface area contributed by atoms with Gasteiger partial charge in [-0.15, -0.1) is 0 Å². The molecule has 1 fully saturated rings. The van der Waals surface area contributed by atoms with E-state index < -0.39 is 37.5 Å². The minimum absolute atomic E-state index is 0.0725. The molecule has 1 atom stereocenters. The van der Waals surface area contributed by atoms with E-state index in [1.54, 1.807) is 0 Å². The quantitative estimate of drug-likeness (QED) is 0.618. The molecule has 1 saturated heterocycles. The fourth-order valence-corrected chi connectivity index (χ4v) is 3.91. The summed E-state index contributed by atoms with van der Waals surface area (Å²) in [4.78, 5) is 9.25. The SMILES string of the molecule is CNc1cc([N+](=O)[O-])cc(F)c1S(=O)(=O)N1CCC(O)C1. The smallest absolute Gasteiger partial charge is 0.274 e.